The Labute approximate surface area is 72.2 Å². The first kappa shape index (κ1) is 9.88. The summed E-state index contributed by atoms with van der Waals surface area (Å²) in [4.78, 5) is 20.6. The summed E-state index contributed by atoms with van der Waals surface area (Å²) < 4.78 is 25.4. The van der Waals surface area contributed by atoms with Crippen LogP contribution in [0.25, 0.3) is 0 Å². The summed E-state index contributed by atoms with van der Waals surface area (Å²) in [5, 5.41) is 16.7. The largest absolute Gasteiger partial charge is 0.481 e. The van der Waals surface area contributed by atoms with Gasteiger partial charge in [-0.3, -0.25) is 9.59 Å². The number of carbonyl (C=O) groups is 2. The fraction of sp³-hybridized carbons (Fsp3) is 0.714. The number of hydrogen-bond acceptors (Lipinski definition) is 2. The van der Waals surface area contributed by atoms with Crippen LogP contribution in [0, 0.1) is 17.8 Å². The van der Waals surface area contributed by atoms with Crippen molar-refractivity contribution < 1.29 is 28.6 Å². The maximum atomic E-state index is 12.7. The molecule has 13 heavy (non-hydrogen) atoms. The van der Waals surface area contributed by atoms with Gasteiger partial charge in [0, 0.05) is 0 Å². The Kier molecular flexibility index (Phi) is 2.01. The summed E-state index contributed by atoms with van der Waals surface area (Å²) in [6, 6.07) is 0. The second-order valence-electron chi connectivity index (χ2n) is 3.14. The number of carboxylic acids is 2. The van der Waals surface area contributed by atoms with E-state index >= 15 is 0 Å². The number of hydrogen-bond donors (Lipinski definition) is 2. The van der Waals surface area contributed by atoms with Gasteiger partial charge in [-0.1, -0.05) is 6.92 Å². The van der Waals surface area contributed by atoms with Crippen molar-refractivity contribution >= 4 is 11.9 Å². The summed E-state index contributed by atoms with van der Waals surface area (Å²) in [5.74, 6) is -11.1. The monoisotopic (exact) mass is 194 g/mol. The van der Waals surface area contributed by atoms with Crippen LogP contribution in [0.15, 0.2) is 0 Å². The van der Waals surface area contributed by atoms with Gasteiger partial charge in [0.25, 0.3) is 5.92 Å². The Morgan fingerprint density at radius 3 is 2.08 bits per heavy atom. The third kappa shape index (κ3) is 1.36. The molecule has 1 fully saturated rings. The first-order valence-electron chi connectivity index (χ1n) is 3.63. The van der Waals surface area contributed by atoms with Crippen molar-refractivity contribution in [1.82, 2.24) is 0 Å². The van der Waals surface area contributed by atoms with E-state index in [1.54, 1.807) is 0 Å². The molecule has 0 unspecified atom stereocenters. The third-order valence-electron chi connectivity index (χ3n) is 2.30. The Bertz CT molecular complexity index is 263. The normalized spacial score (nSPS) is 32.2. The van der Waals surface area contributed by atoms with Crippen molar-refractivity contribution in [2.45, 2.75) is 12.8 Å². The van der Waals surface area contributed by atoms with E-state index in [1.807, 2.05) is 0 Å². The van der Waals surface area contributed by atoms with E-state index in [1.165, 1.54) is 0 Å². The first-order chi connectivity index (χ1) is 5.80. The average molecular weight is 194 g/mol. The molecule has 1 aliphatic carbocycles. The van der Waals surface area contributed by atoms with Crippen LogP contribution in [0.5, 0.6) is 0 Å². The van der Waals surface area contributed by atoms with E-state index in [0.29, 0.717) is 0 Å². The van der Waals surface area contributed by atoms with Crippen LogP contribution in [0.4, 0.5) is 8.78 Å². The molecule has 0 bridgehead atoms. The predicted octanol–water partition coefficient (Wildman–Crippen LogP) is 0.673. The van der Waals surface area contributed by atoms with Gasteiger partial charge in [-0.05, 0) is 0 Å². The molecule has 1 rings (SSSR count). The molecule has 0 amide bonds. The molecule has 4 nitrogen and oxygen atoms in total. The second-order valence-corrected chi connectivity index (χ2v) is 3.14. The Hall–Kier alpha value is -1.20. The summed E-state index contributed by atoms with van der Waals surface area (Å²) in [5.41, 5.74) is 0. The maximum absolute atomic E-state index is 12.7. The van der Waals surface area contributed by atoms with Crippen LogP contribution in [0.3, 0.4) is 0 Å². The molecule has 6 heteroatoms. The Balaban J connectivity index is 2.76. The van der Waals surface area contributed by atoms with Gasteiger partial charge < -0.3 is 10.2 Å². The molecule has 0 aromatic heterocycles. The number of alkyl halides is 2. The van der Waals surface area contributed by atoms with E-state index in [-0.39, 0.29) is 0 Å². The van der Waals surface area contributed by atoms with Crippen LogP contribution in [0.2, 0.25) is 0 Å². The molecule has 0 aromatic carbocycles. The van der Waals surface area contributed by atoms with E-state index in [2.05, 4.69) is 0 Å². The lowest BCUT2D eigenvalue weighted by Crippen LogP contribution is -2.15. The van der Waals surface area contributed by atoms with Crippen molar-refractivity contribution in [3.05, 3.63) is 0 Å². The minimum atomic E-state index is -3.37. The summed E-state index contributed by atoms with van der Waals surface area (Å²) >= 11 is 0. The minimum Gasteiger partial charge on any atom is -0.481 e. The van der Waals surface area contributed by atoms with Crippen molar-refractivity contribution in [3.63, 3.8) is 0 Å². The molecular weight excluding hydrogens is 186 g/mol. The van der Waals surface area contributed by atoms with Gasteiger partial charge in [0.15, 0.2) is 0 Å². The summed E-state index contributed by atoms with van der Waals surface area (Å²) in [6.07, 6.45) is 0. The van der Waals surface area contributed by atoms with Crippen molar-refractivity contribution in [1.29, 1.82) is 0 Å². The fourth-order valence-electron chi connectivity index (χ4n) is 1.44. The average Bonchev–Trinajstić information content (AvgIpc) is 2.51. The number of aliphatic carboxylic acids is 2. The molecule has 3 atom stereocenters. The molecule has 1 saturated carbocycles. The third-order valence-corrected chi connectivity index (χ3v) is 2.30. The summed E-state index contributed by atoms with van der Waals surface area (Å²) in [6.45, 7) is 1.09. The molecule has 0 aromatic rings. The standard InChI is InChI=1S/C7H8F2O4/c1-2(5(10)11)3-4(6(12)13)7(3,8)9/h2-4H,1H3,(H,10,11)(H,12,13)/t2-,3-,4+/m1/s1. The van der Waals surface area contributed by atoms with E-state index in [9.17, 15) is 18.4 Å². The van der Waals surface area contributed by atoms with Crippen LogP contribution in [0.1, 0.15) is 6.92 Å². The van der Waals surface area contributed by atoms with Gasteiger partial charge in [-0.25, -0.2) is 8.78 Å². The van der Waals surface area contributed by atoms with Gasteiger partial charge in [-0.15, -0.1) is 0 Å². The highest BCUT2D eigenvalue weighted by atomic mass is 19.3. The first-order valence-corrected chi connectivity index (χ1v) is 3.63. The molecule has 0 spiro atoms. The van der Waals surface area contributed by atoms with Crippen LogP contribution in [-0.2, 0) is 9.59 Å². The SMILES string of the molecule is C[C@@H](C(=O)O)[C@@H]1[C@@H](C(=O)O)C1(F)F. The second kappa shape index (κ2) is 2.65. The molecule has 0 saturated heterocycles. The smallest absolute Gasteiger partial charge is 0.313 e. The highest BCUT2D eigenvalue weighted by Gasteiger charge is 2.74. The van der Waals surface area contributed by atoms with Crippen molar-refractivity contribution in [2.24, 2.45) is 17.8 Å². The quantitative estimate of drug-likeness (QED) is 0.692. The van der Waals surface area contributed by atoms with Crippen LogP contribution in [-0.4, -0.2) is 28.1 Å². The topological polar surface area (TPSA) is 74.6 Å². The van der Waals surface area contributed by atoms with Gasteiger partial charge in [0.2, 0.25) is 0 Å². The molecule has 74 valence electrons. The van der Waals surface area contributed by atoms with Crippen LogP contribution >= 0.6 is 0 Å². The highest BCUT2D eigenvalue weighted by Crippen LogP contribution is 2.58. The lowest BCUT2D eigenvalue weighted by molar-refractivity contribution is -0.142. The molecule has 1 aliphatic rings. The zero-order chi connectivity index (χ0) is 10.4. The highest BCUT2D eigenvalue weighted by molar-refractivity contribution is 5.79. The maximum Gasteiger partial charge on any atom is 0.313 e. The molecular formula is C7H8F2O4. The van der Waals surface area contributed by atoms with E-state index < -0.39 is 35.6 Å². The van der Waals surface area contributed by atoms with E-state index in [4.69, 9.17) is 10.2 Å². The Morgan fingerprint density at radius 1 is 1.38 bits per heavy atom. The molecule has 0 radical (unpaired) electrons. The van der Waals surface area contributed by atoms with Crippen LogP contribution < -0.4 is 0 Å². The van der Waals surface area contributed by atoms with E-state index in [0.717, 1.165) is 6.92 Å². The molecule has 0 heterocycles. The number of carboxylic acid groups (broad SMARTS) is 2. The van der Waals surface area contributed by atoms with Gasteiger partial charge >= 0.3 is 11.9 Å². The molecule has 0 aliphatic heterocycles. The zero-order valence-electron chi connectivity index (χ0n) is 6.70. The van der Waals surface area contributed by atoms with Gasteiger partial charge in [0.05, 0.1) is 11.8 Å². The van der Waals surface area contributed by atoms with Crippen molar-refractivity contribution in [2.75, 3.05) is 0 Å². The fourth-order valence-corrected chi connectivity index (χ4v) is 1.44. The lowest BCUT2D eigenvalue weighted by Gasteiger charge is -2.01. The van der Waals surface area contributed by atoms with Crippen molar-refractivity contribution in [3.8, 4) is 0 Å². The van der Waals surface area contributed by atoms with Gasteiger partial charge in [-0.2, -0.15) is 0 Å². The lowest BCUT2D eigenvalue weighted by atomic mass is 10.1. The molecule has 2 N–H and O–H groups in total. The summed E-state index contributed by atoms with van der Waals surface area (Å²) in [7, 11) is 0. The zero-order valence-corrected chi connectivity index (χ0v) is 6.70. The number of rotatable bonds is 3. The number of halogens is 2. The van der Waals surface area contributed by atoms with Gasteiger partial charge in [0.1, 0.15) is 5.92 Å². The minimum absolute atomic E-state index is 1.09. The Morgan fingerprint density at radius 2 is 1.85 bits per heavy atom. The predicted molar refractivity (Wildman–Crippen MR) is 36.4 cm³/mol.